The number of benzene rings is 2. The van der Waals surface area contributed by atoms with Crippen molar-refractivity contribution in [3.05, 3.63) is 81.5 Å². The van der Waals surface area contributed by atoms with Crippen LogP contribution in [0.5, 0.6) is 0 Å². The highest BCUT2D eigenvalue weighted by molar-refractivity contribution is 6.05. The molecule has 1 aliphatic rings. The largest absolute Gasteiger partial charge is 0.348 e. The van der Waals surface area contributed by atoms with Crippen molar-refractivity contribution in [1.29, 1.82) is 0 Å². The average molecular weight is 393 g/mol. The van der Waals surface area contributed by atoms with E-state index in [-0.39, 0.29) is 17.4 Å². The normalized spacial score (nSPS) is 14.8. The fourth-order valence-electron chi connectivity index (χ4n) is 3.35. The Balaban J connectivity index is 1.85. The molecule has 29 heavy (non-hydrogen) atoms. The van der Waals surface area contributed by atoms with Crippen molar-refractivity contribution >= 4 is 23.6 Å². The van der Waals surface area contributed by atoms with Gasteiger partial charge in [0.05, 0.1) is 4.92 Å². The highest BCUT2D eigenvalue weighted by atomic mass is 16.6. The molecule has 0 aromatic heterocycles. The quantitative estimate of drug-likeness (QED) is 0.443. The van der Waals surface area contributed by atoms with Crippen molar-refractivity contribution in [2.75, 3.05) is 0 Å². The maximum atomic E-state index is 12.9. The molecule has 1 fully saturated rings. The van der Waals surface area contributed by atoms with Crippen LogP contribution in [0.3, 0.4) is 0 Å². The predicted octanol–water partition coefficient (Wildman–Crippen LogP) is 3.81. The molecule has 0 atom stereocenters. The molecule has 2 N–H and O–H groups in total. The van der Waals surface area contributed by atoms with Crippen LogP contribution < -0.4 is 10.6 Å². The zero-order valence-corrected chi connectivity index (χ0v) is 16.0. The summed E-state index contributed by atoms with van der Waals surface area (Å²) in [6, 6.07) is 14.6. The molecule has 1 saturated carbocycles. The third-order valence-electron chi connectivity index (χ3n) is 4.86. The maximum Gasteiger partial charge on any atom is 0.270 e. The van der Waals surface area contributed by atoms with Gasteiger partial charge in [0.15, 0.2) is 0 Å². The molecule has 0 heterocycles. The molecule has 2 aromatic rings. The number of non-ortho nitro benzene ring substituents is 1. The lowest BCUT2D eigenvalue weighted by molar-refractivity contribution is -0.384. The van der Waals surface area contributed by atoms with Crippen LogP contribution in [0.2, 0.25) is 0 Å². The van der Waals surface area contributed by atoms with Crippen LogP contribution in [0.15, 0.2) is 60.3 Å². The molecule has 0 bridgehead atoms. The van der Waals surface area contributed by atoms with Gasteiger partial charge >= 0.3 is 0 Å². The minimum absolute atomic E-state index is 0.0601. The molecule has 0 saturated heterocycles. The molecule has 150 valence electrons. The van der Waals surface area contributed by atoms with Gasteiger partial charge in [0.1, 0.15) is 5.70 Å². The minimum atomic E-state index is -0.498. The van der Waals surface area contributed by atoms with Gasteiger partial charge in [0, 0.05) is 23.7 Å². The van der Waals surface area contributed by atoms with Gasteiger partial charge in [-0.25, -0.2) is 0 Å². The molecule has 7 heteroatoms. The Labute approximate surface area is 169 Å². The molecule has 1 aliphatic carbocycles. The van der Waals surface area contributed by atoms with E-state index in [2.05, 4.69) is 10.6 Å². The predicted molar refractivity (Wildman–Crippen MR) is 110 cm³/mol. The van der Waals surface area contributed by atoms with Gasteiger partial charge in [-0.05, 0) is 36.6 Å². The topological polar surface area (TPSA) is 101 Å². The Bertz CT molecular complexity index is 919. The van der Waals surface area contributed by atoms with Crippen molar-refractivity contribution in [3.63, 3.8) is 0 Å². The van der Waals surface area contributed by atoms with Gasteiger partial charge in [0.2, 0.25) is 0 Å². The van der Waals surface area contributed by atoms with Crippen LogP contribution >= 0.6 is 0 Å². The summed E-state index contributed by atoms with van der Waals surface area (Å²) in [4.78, 5) is 36.0. The standard InChI is InChI=1S/C22H23N3O4/c26-21(17-9-3-1-4-10-17)24-20(22(27)23-18-11-5-2-6-12-18)15-16-8-7-13-19(14-16)25(28)29/h1,3-4,7-10,13-15,18H,2,5-6,11-12H2,(H,23,27)(H,24,26). The van der Waals surface area contributed by atoms with E-state index in [4.69, 9.17) is 0 Å². The van der Waals surface area contributed by atoms with Crippen LogP contribution in [0.1, 0.15) is 48.0 Å². The lowest BCUT2D eigenvalue weighted by atomic mass is 9.95. The van der Waals surface area contributed by atoms with Crippen molar-refractivity contribution in [2.24, 2.45) is 0 Å². The SMILES string of the molecule is O=C(NC1CCCCC1)C(=Cc1cccc([N+](=O)[O-])c1)NC(=O)c1ccccc1. The summed E-state index contributed by atoms with van der Waals surface area (Å²) in [6.07, 6.45) is 6.56. The van der Waals surface area contributed by atoms with Gasteiger partial charge in [0.25, 0.3) is 17.5 Å². The minimum Gasteiger partial charge on any atom is -0.348 e. The zero-order chi connectivity index (χ0) is 20.6. The highest BCUT2D eigenvalue weighted by Crippen LogP contribution is 2.19. The number of nitrogens with one attached hydrogen (secondary N) is 2. The Hall–Kier alpha value is -3.48. The first-order valence-corrected chi connectivity index (χ1v) is 9.66. The van der Waals surface area contributed by atoms with Crippen molar-refractivity contribution in [1.82, 2.24) is 10.6 Å². The number of rotatable bonds is 6. The number of nitro benzene ring substituents is 1. The Morgan fingerprint density at radius 3 is 2.41 bits per heavy atom. The van der Waals surface area contributed by atoms with E-state index in [1.165, 1.54) is 18.2 Å². The van der Waals surface area contributed by atoms with Crippen molar-refractivity contribution in [3.8, 4) is 0 Å². The summed E-state index contributed by atoms with van der Waals surface area (Å²) in [6.45, 7) is 0. The lowest BCUT2D eigenvalue weighted by Gasteiger charge is -2.23. The summed E-state index contributed by atoms with van der Waals surface area (Å²) >= 11 is 0. The lowest BCUT2D eigenvalue weighted by Crippen LogP contribution is -2.41. The first kappa shape index (κ1) is 20.3. The highest BCUT2D eigenvalue weighted by Gasteiger charge is 2.20. The fourth-order valence-corrected chi connectivity index (χ4v) is 3.35. The first-order valence-electron chi connectivity index (χ1n) is 9.66. The average Bonchev–Trinajstić information content (AvgIpc) is 2.74. The van der Waals surface area contributed by atoms with E-state index in [0.717, 1.165) is 32.1 Å². The van der Waals surface area contributed by atoms with Gasteiger partial charge in [-0.1, -0.05) is 49.6 Å². The number of carbonyl (C=O) groups is 2. The second-order valence-electron chi connectivity index (χ2n) is 7.04. The number of nitrogens with zero attached hydrogens (tertiary/aromatic N) is 1. The first-order chi connectivity index (χ1) is 14.0. The summed E-state index contributed by atoms with van der Waals surface area (Å²) in [7, 11) is 0. The molecule has 0 radical (unpaired) electrons. The van der Waals surface area contributed by atoms with E-state index >= 15 is 0 Å². The van der Waals surface area contributed by atoms with Crippen LogP contribution in [-0.2, 0) is 4.79 Å². The second-order valence-corrected chi connectivity index (χ2v) is 7.04. The smallest absolute Gasteiger partial charge is 0.270 e. The molecule has 0 aliphatic heterocycles. The summed E-state index contributed by atoms with van der Waals surface area (Å²) < 4.78 is 0. The van der Waals surface area contributed by atoms with E-state index in [9.17, 15) is 19.7 Å². The number of hydrogen-bond acceptors (Lipinski definition) is 4. The maximum absolute atomic E-state index is 12.9. The van der Waals surface area contributed by atoms with E-state index in [1.54, 1.807) is 42.5 Å². The molecule has 2 amide bonds. The molecule has 0 unspecified atom stereocenters. The van der Waals surface area contributed by atoms with Crippen molar-refractivity contribution in [2.45, 2.75) is 38.1 Å². The molecular weight excluding hydrogens is 370 g/mol. The van der Waals surface area contributed by atoms with E-state index < -0.39 is 16.7 Å². The summed E-state index contributed by atoms with van der Waals surface area (Å²) in [5.41, 5.74) is 0.856. The fraction of sp³-hybridized carbons (Fsp3) is 0.273. The number of amides is 2. The molecule has 3 rings (SSSR count). The molecule has 0 spiro atoms. The van der Waals surface area contributed by atoms with Crippen molar-refractivity contribution < 1.29 is 14.5 Å². The van der Waals surface area contributed by atoms with E-state index in [0.29, 0.717) is 11.1 Å². The molecule has 7 nitrogen and oxygen atoms in total. The third-order valence-corrected chi connectivity index (χ3v) is 4.86. The Morgan fingerprint density at radius 1 is 1.00 bits per heavy atom. The van der Waals surface area contributed by atoms with Gasteiger partial charge in [-0.3, -0.25) is 19.7 Å². The monoisotopic (exact) mass is 393 g/mol. The zero-order valence-electron chi connectivity index (χ0n) is 16.0. The van der Waals surface area contributed by atoms with Gasteiger partial charge in [-0.15, -0.1) is 0 Å². The molecular formula is C22H23N3O4. The summed E-state index contributed by atoms with van der Waals surface area (Å²) in [5.74, 6) is -0.811. The summed E-state index contributed by atoms with van der Waals surface area (Å²) in [5, 5.41) is 16.7. The van der Waals surface area contributed by atoms with Gasteiger partial charge < -0.3 is 10.6 Å². The Kier molecular flexibility index (Phi) is 6.73. The number of hydrogen-bond donors (Lipinski definition) is 2. The van der Waals surface area contributed by atoms with Gasteiger partial charge in [-0.2, -0.15) is 0 Å². The third kappa shape index (κ3) is 5.75. The van der Waals surface area contributed by atoms with E-state index in [1.807, 2.05) is 0 Å². The van der Waals surface area contributed by atoms with Crippen LogP contribution in [0.4, 0.5) is 5.69 Å². The molecule has 2 aromatic carbocycles. The van der Waals surface area contributed by atoms with Crippen LogP contribution in [0, 0.1) is 10.1 Å². The van der Waals surface area contributed by atoms with Crippen LogP contribution in [-0.4, -0.2) is 22.8 Å². The van der Waals surface area contributed by atoms with Crippen LogP contribution in [0.25, 0.3) is 6.08 Å². The number of nitro groups is 1. The second kappa shape index (κ2) is 9.64. The number of carbonyl (C=O) groups excluding carboxylic acids is 2. The Morgan fingerprint density at radius 2 is 1.72 bits per heavy atom.